The number of hydrogen-bond donors (Lipinski definition) is 2. The second-order valence-electron chi connectivity index (χ2n) is 5.54. The van der Waals surface area contributed by atoms with Crippen molar-refractivity contribution in [1.29, 1.82) is 0 Å². The largest absolute Gasteiger partial charge is 0.366 e. The van der Waals surface area contributed by atoms with Crippen LogP contribution >= 0.6 is 0 Å². The molecule has 0 saturated heterocycles. The highest BCUT2D eigenvalue weighted by Gasteiger charge is 2.11. The van der Waals surface area contributed by atoms with Crippen LogP contribution < -0.4 is 11.1 Å². The van der Waals surface area contributed by atoms with E-state index < -0.39 is 4.92 Å². The molecule has 1 atom stereocenters. The number of nitro benzene ring substituents is 1. The summed E-state index contributed by atoms with van der Waals surface area (Å²) in [5.74, 6) is 1.29. The van der Waals surface area contributed by atoms with Crippen LogP contribution in [0.2, 0.25) is 0 Å². The molecule has 0 spiro atoms. The van der Waals surface area contributed by atoms with E-state index in [2.05, 4.69) is 24.1 Å². The van der Waals surface area contributed by atoms with Gasteiger partial charge < -0.3 is 11.1 Å². The molecule has 2 rings (SSSR count). The SMILES string of the molecule is CC(C)CC(CN)Nc1ccc2cc([N+](=O)[O-])ccc2n1. The number of anilines is 1. The molecule has 0 aliphatic rings. The molecule has 1 aromatic carbocycles. The van der Waals surface area contributed by atoms with Crippen LogP contribution in [0, 0.1) is 16.0 Å². The van der Waals surface area contributed by atoms with E-state index in [0.717, 1.165) is 23.1 Å². The van der Waals surface area contributed by atoms with Crippen LogP contribution in [0.3, 0.4) is 0 Å². The zero-order valence-electron chi connectivity index (χ0n) is 12.2. The molecular weight excluding hydrogens is 268 g/mol. The second kappa shape index (κ2) is 6.49. The minimum Gasteiger partial charge on any atom is -0.366 e. The maximum absolute atomic E-state index is 10.8. The number of nitro groups is 1. The summed E-state index contributed by atoms with van der Waals surface area (Å²) < 4.78 is 0. The second-order valence-corrected chi connectivity index (χ2v) is 5.54. The Bertz CT molecular complexity index is 643. The molecular formula is C15H20N4O2. The normalized spacial score (nSPS) is 12.6. The lowest BCUT2D eigenvalue weighted by molar-refractivity contribution is -0.384. The molecule has 6 nitrogen and oxygen atoms in total. The van der Waals surface area contributed by atoms with E-state index in [9.17, 15) is 10.1 Å². The Kier molecular flexibility index (Phi) is 4.70. The summed E-state index contributed by atoms with van der Waals surface area (Å²) in [6, 6.07) is 8.50. The first-order valence-electron chi connectivity index (χ1n) is 7.01. The van der Waals surface area contributed by atoms with Crippen molar-refractivity contribution in [1.82, 2.24) is 4.98 Å². The van der Waals surface area contributed by atoms with Crippen molar-refractivity contribution in [3.05, 3.63) is 40.4 Å². The van der Waals surface area contributed by atoms with E-state index in [1.54, 1.807) is 6.07 Å². The van der Waals surface area contributed by atoms with Crippen LogP contribution in [0.1, 0.15) is 20.3 Å². The molecule has 0 aliphatic carbocycles. The van der Waals surface area contributed by atoms with Crippen LogP contribution in [0.4, 0.5) is 11.5 Å². The van der Waals surface area contributed by atoms with Crippen molar-refractivity contribution >= 4 is 22.4 Å². The van der Waals surface area contributed by atoms with Gasteiger partial charge in [-0.1, -0.05) is 13.8 Å². The summed E-state index contributed by atoms with van der Waals surface area (Å²) in [5.41, 5.74) is 6.57. The van der Waals surface area contributed by atoms with Crippen LogP contribution in [0.25, 0.3) is 10.9 Å². The summed E-state index contributed by atoms with van der Waals surface area (Å²) in [6.07, 6.45) is 0.969. The third-order valence-corrected chi connectivity index (χ3v) is 3.28. The smallest absolute Gasteiger partial charge is 0.270 e. The fourth-order valence-corrected chi connectivity index (χ4v) is 2.30. The molecule has 0 fully saturated rings. The van der Waals surface area contributed by atoms with E-state index >= 15 is 0 Å². The van der Waals surface area contributed by atoms with Crippen LogP contribution in [0.15, 0.2) is 30.3 Å². The maximum atomic E-state index is 10.8. The van der Waals surface area contributed by atoms with Gasteiger partial charge in [0.2, 0.25) is 0 Å². The Morgan fingerprint density at radius 2 is 2.10 bits per heavy atom. The molecule has 1 aromatic heterocycles. The lowest BCUT2D eigenvalue weighted by Crippen LogP contribution is -2.30. The number of fused-ring (bicyclic) bond motifs is 1. The average Bonchev–Trinajstić information content (AvgIpc) is 2.45. The van der Waals surface area contributed by atoms with E-state index in [4.69, 9.17) is 5.73 Å². The van der Waals surface area contributed by atoms with Gasteiger partial charge in [0.05, 0.1) is 10.4 Å². The molecule has 0 radical (unpaired) electrons. The van der Waals surface area contributed by atoms with Gasteiger partial charge in [0.25, 0.3) is 5.69 Å². The Hall–Kier alpha value is -2.21. The van der Waals surface area contributed by atoms with Gasteiger partial charge >= 0.3 is 0 Å². The van der Waals surface area contributed by atoms with Crippen molar-refractivity contribution < 1.29 is 4.92 Å². The number of benzene rings is 1. The molecule has 0 bridgehead atoms. The third kappa shape index (κ3) is 3.88. The van der Waals surface area contributed by atoms with E-state index in [-0.39, 0.29) is 11.7 Å². The number of aromatic nitrogens is 1. The number of nitrogens with one attached hydrogen (secondary N) is 1. The highest BCUT2D eigenvalue weighted by molar-refractivity contribution is 5.82. The Labute approximate surface area is 123 Å². The molecule has 0 saturated carbocycles. The quantitative estimate of drug-likeness (QED) is 0.629. The van der Waals surface area contributed by atoms with Gasteiger partial charge in [0.15, 0.2) is 0 Å². The first kappa shape index (κ1) is 15.2. The fourth-order valence-electron chi connectivity index (χ4n) is 2.30. The van der Waals surface area contributed by atoms with Gasteiger partial charge in [-0.25, -0.2) is 4.98 Å². The van der Waals surface area contributed by atoms with Crippen molar-refractivity contribution in [2.24, 2.45) is 11.7 Å². The van der Waals surface area contributed by atoms with Crippen LogP contribution in [0.5, 0.6) is 0 Å². The Morgan fingerprint density at radius 1 is 1.33 bits per heavy atom. The highest BCUT2D eigenvalue weighted by atomic mass is 16.6. The average molecular weight is 288 g/mol. The predicted molar refractivity (Wildman–Crippen MR) is 84.3 cm³/mol. The molecule has 21 heavy (non-hydrogen) atoms. The summed E-state index contributed by atoms with van der Waals surface area (Å²) in [5, 5.41) is 14.8. The lowest BCUT2D eigenvalue weighted by atomic mass is 10.0. The minimum absolute atomic E-state index is 0.0738. The van der Waals surface area contributed by atoms with Gasteiger partial charge in [-0.05, 0) is 30.5 Å². The van der Waals surface area contributed by atoms with Gasteiger partial charge in [-0.2, -0.15) is 0 Å². The van der Waals surface area contributed by atoms with Crippen molar-refractivity contribution in [2.45, 2.75) is 26.3 Å². The number of non-ortho nitro benzene ring substituents is 1. The summed E-state index contributed by atoms with van der Waals surface area (Å²) in [6.45, 7) is 4.84. The summed E-state index contributed by atoms with van der Waals surface area (Å²) in [4.78, 5) is 14.8. The van der Waals surface area contributed by atoms with E-state index in [1.165, 1.54) is 12.1 Å². The Morgan fingerprint density at radius 3 is 2.71 bits per heavy atom. The van der Waals surface area contributed by atoms with Crippen LogP contribution in [-0.4, -0.2) is 22.5 Å². The van der Waals surface area contributed by atoms with Crippen LogP contribution in [-0.2, 0) is 0 Å². The molecule has 1 heterocycles. The standard InChI is InChI=1S/C15H20N4O2/c1-10(2)7-12(9-16)17-15-6-3-11-8-13(19(20)21)4-5-14(11)18-15/h3-6,8,10,12H,7,9,16H2,1-2H3,(H,17,18). The lowest BCUT2D eigenvalue weighted by Gasteiger charge is -2.19. The fraction of sp³-hybridized carbons (Fsp3) is 0.400. The first-order chi connectivity index (χ1) is 9.99. The van der Waals surface area contributed by atoms with Crippen molar-refractivity contribution in [2.75, 3.05) is 11.9 Å². The topological polar surface area (TPSA) is 94.1 Å². The van der Waals surface area contributed by atoms with E-state index in [0.29, 0.717) is 12.5 Å². The number of nitrogens with two attached hydrogens (primary N) is 1. The molecule has 1 unspecified atom stereocenters. The molecule has 6 heteroatoms. The number of hydrogen-bond acceptors (Lipinski definition) is 5. The maximum Gasteiger partial charge on any atom is 0.270 e. The zero-order valence-corrected chi connectivity index (χ0v) is 12.2. The summed E-state index contributed by atoms with van der Waals surface area (Å²) >= 11 is 0. The first-order valence-corrected chi connectivity index (χ1v) is 7.01. The molecule has 2 aromatic rings. The number of pyridine rings is 1. The summed E-state index contributed by atoms with van der Waals surface area (Å²) in [7, 11) is 0. The minimum atomic E-state index is -0.404. The number of nitrogens with zero attached hydrogens (tertiary/aromatic N) is 2. The highest BCUT2D eigenvalue weighted by Crippen LogP contribution is 2.21. The van der Waals surface area contributed by atoms with Gasteiger partial charge in [0.1, 0.15) is 5.82 Å². The molecule has 0 aliphatic heterocycles. The van der Waals surface area contributed by atoms with E-state index in [1.807, 2.05) is 12.1 Å². The van der Waals surface area contributed by atoms with Gasteiger partial charge in [-0.15, -0.1) is 0 Å². The monoisotopic (exact) mass is 288 g/mol. The van der Waals surface area contributed by atoms with Gasteiger partial charge in [-0.3, -0.25) is 10.1 Å². The zero-order chi connectivity index (χ0) is 15.4. The number of rotatable bonds is 6. The van der Waals surface area contributed by atoms with Crippen molar-refractivity contribution in [3.8, 4) is 0 Å². The van der Waals surface area contributed by atoms with Gasteiger partial charge in [0, 0.05) is 30.1 Å². The third-order valence-electron chi connectivity index (χ3n) is 3.28. The van der Waals surface area contributed by atoms with Crippen molar-refractivity contribution in [3.63, 3.8) is 0 Å². The molecule has 112 valence electrons. The molecule has 0 amide bonds. The predicted octanol–water partition coefficient (Wildman–Crippen LogP) is 2.93. The Balaban J connectivity index is 2.22. The molecule has 3 N–H and O–H groups in total.